The minimum Gasteiger partial charge on any atom is -0.462 e. The second kappa shape index (κ2) is 6.72. The summed E-state index contributed by atoms with van der Waals surface area (Å²) in [7, 11) is 0. The van der Waals surface area contributed by atoms with Crippen LogP contribution in [0.5, 0.6) is 0 Å². The quantitative estimate of drug-likeness (QED) is 0.731. The van der Waals surface area contributed by atoms with Gasteiger partial charge in [0.15, 0.2) is 10.8 Å². The van der Waals surface area contributed by atoms with Crippen LogP contribution in [0, 0.1) is 6.92 Å². The Morgan fingerprint density at radius 3 is 2.68 bits per heavy atom. The molecule has 4 nitrogen and oxygen atoms in total. The van der Waals surface area contributed by atoms with Crippen molar-refractivity contribution in [2.45, 2.75) is 19.6 Å². The SMILES string of the molecule is Cc1nc(-c2ccco2)sc1CNC(=O)c1ccccc1C(F)(F)F. The maximum atomic E-state index is 13.0. The molecule has 3 rings (SSSR count). The number of benzene rings is 1. The highest BCUT2D eigenvalue weighted by Gasteiger charge is 2.34. The van der Waals surface area contributed by atoms with Crippen molar-refractivity contribution in [1.29, 1.82) is 0 Å². The third kappa shape index (κ3) is 3.74. The zero-order valence-electron chi connectivity index (χ0n) is 13.1. The monoisotopic (exact) mass is 366 g/mol. The zero-order valence-corrected chi connectivity index (χ0v) is 13.9. The third-order valence-electron chi connectivity index (χ3n) is 3.51. The molecular weight excluding hydrogens is 353 g/mol. The number of aryl methyl sites for hydroxylation is 1. The normalized spacial score (nSPS) is 11.5. The molecule has 0 aliphatic heterocycles. The molecule has 0 aliphatic rings. The van der Waals surface area contributed by atoms with Gasteiger partial charge in [-0.2, -0.15) is 13.2 Å². The maximum absolute atomic E-state index is 13.0. The van der Waals surface area contributed by atoms with Crippen LogP contribution < -0.4 is 5.32 Å². The lowest BCUT2D eigenvalue weighted by molar-refractivity contribution is -0.137. The lowest BCUT2D eigenvalue weighted by Crippen LogP contribution is -2.25. The molecule has 2 aromatic heterocycles. The van der Waals surface area contributed by atoms with Crippen molar-refractivity contribution in [3.63, 3.8) is 0 Å². The number of rotatable bonds is 4. The van der Waals surface area contributed by atoms with Gasteiger partial charge in [-0.1, -0.05) is 12.1 Å². The first-order chi connectivity index (χ1) is 11.9. The number of hydrogen-bond acceptors (Lipinski definition) is 4. The van der Waals surface area contributed by atoms with Gasteiger partial charge in [-0.3, -0.25) is 4.79 Å². The maximum Gasteiger partial charge on any atom is 0.417 e. The first kappa shape index (κ1) is 17.2. The summed E-state index contributed by atoms with van der Waals surface area (Å²) in [5.41, 5.74) is -0.658. The number of amides is 1. The van der Waals surface area contributed by atoms with Crippen molar-refractivity contribution in [2.75, 3.05) is 0 Å². The second-order valence-electron chi connectivity index (χ2n) is 5.23. The van der Waals surface area contributed by atoms with Crippen LogP contribution in [-0.2, 0) is 12.7 Å². The fourth-order valence-corrected chi connectivity index (χ4v) is 3.25. The second-order valence-corrected chi connectivity index (χ2v) is 6.31. The van der Waals surface area contributed by atoms with Crippen LogP contribution in [0.3, 0.4) is 0 Å². The van der Waals surface area contributed by atoms with Crippen LogP contribution in [0.2, 0.25) is 0 Å². The van der Waals surface area contributed by atoms with Crippen molar-refractivity contribution in [2.24, 2.45) is 0 Å². The molecule has 0 saturated heterocycles. The molecule has 0 atom stereocenters. The van der Waals surface area contributed by atoms with Gasteiger partial charge in [-0.05, 0) is 31.2 Å². The van der Waals surface area contributed by atoms with Gasteiger partial charge >= 0.3 is 6.18 Å². The lowest BCUT2D eigenvalue weighted by atomic mass is 10.1. The van der Waals surface area contributed by atoms with Gasteiger partial charge in [0.25, 0.3) is 5.91 Å². The summed E-state index contributed by atoms with van der Waals surface area (Å²) in [5.74, 6) is -0.173. The molecule has 0 aliphatic carbocycles. The van der Waals surface area contributed by atoms with Gasteiger partial charge in [0.05, 0.1) is 29.6 Å². The lowest BCUT2D eigenvalue weighted by Gasteiger charge is -2.12. The van der Waals surface area contributed by atoms with Gasteiger partial charge in [-0.15, -0.1) is 11.3 Å². The summed E-state index contributed by atoms with van der Waals surface area (Å²) in [6, 6.07) is 8.20. The largest absolute Gasteiger partial charge is 0.462 e. The zero-order chi connectivity index (χ0) is 18.0. The third-order valence-corrected chi connectivity index (χ3v) is 4.68. The first-order valence-electron chi connectivity index (χ1n) is 7.31. The Morgan fingerprint density at radius 1 is 1.24 bits per heavy atom. The van der Waals surface area contributed by atoms with Gasteiger partial charge in [0.1, 0.15) is 0 Å². The Hall–Kier alpha value is -2.61. The molecule has 0 unspecified atom stereocenters. The van der Waals surface area contributed by atoms with Crippen molar-refractivity contribution in [3.8, 4) is 10.8 Å². The number of furan rings is 1. The average Bonchev–Trinajstić information content (AvgIpc) is 3.21. The highest BCUT2D eigenvalue weighted by molar-refractivity contribution is 7.15. The fourth-order valence-electron chi connectivity index (χ4n) is 2.28. The molecule has 1 N–H and O–H groups in total. The predicted octanol–water partition coefficient (Wildman–Crippen LogP) is 4.66. The van der Waals surface area contributed by atoms with Gasteiger partial charge < -0.3 is 9.73 Å². The van der Waals surface area contributed by atoms with E-state index < -0.39 is 23.2 Å². The summed E-state index contributed by atoms with van der Waals surface area (Å²) in [5, 5.41) is 3.18. The Kier molecular flexibility index (Phi) is 4.63. The summed E-state index contributed by atoms with van der Waals surface area (Å²) in [6.45, 7) is 1.86. The molecule has 2 heterocycles. The minimum atomic E-state index is -4.58. The number of carbonyl (C=O) groups excluding carboxylic acids is 1. The Labute approximate surface area is 145 Å². The summed E-state index contributed by atoms with van der Waals surface area (Å²) >= 11 is 1.32. The minimum absolute atomic E-state index is 0.0925. The number of nitrogens with one attached hydrogen (secondary N) is 1. The van der Waals surface area contributed by atoms with Crippen LogP contribution >= 0.6 is 11.3 Å². The number of halogens is 3. The van der Waals surface area contributed by atoms with Crippen molar-refractivity contribution in [1.82, 2.24) is 10.3 Å². The molecule has 0 saturated carbocycles. The standard InChI is InChI=1S/C17H13F3N2O2S/c1-10-14(25-16(22-10)13-7-4-8-24-13)9-21-15(23)11-5-2-3-6-12(11)17(18,19)20/h2-8H,9H2,1H3,(H,21,23). The topological polar surface area (TPSA) is 55.1 Å². The molecule has 0 spiro atoms. The van der Waals surface area contributed by atoms with E-state index in [1.165, 1.54) is 29.7 Å². The molecule has 25 heavy (non-hydrogen) atoms. The average molecular weight is 366 g/mol. The van der Waals surface area contributed by atoms with E-state index in [1.807, 2.05) is 0 Å². The van der Waals surface area contributed by atoms with E-state index in [0.717, 1.165) is 17.0 Å². The van der Waals surface area contributed by atoms with E-state index in [9.17, 15) is 18.0 Å². The number of carbonyl (C=O) groups is 1. The predicted molar refractivity (Wildman–Crippen MR) is 87.2 cm³/mol. The molecule has 1 aromatic carbocycles. The number of alkyl halides is 3. The molecule has 0 radical (unpaired) electrons. The van der Waals surface area contributed by atoms with Crippen LogP contribution in [0.15, 0.2) is 47.1 Å². The Balaban J connectivity index is 1.76. The van der Waals surface area contributed by atoms with Gasteiger partial charge in [0, 0.05) is 4.88 Å². The van der Waals surface area contributed by atoms with E-state index in [2.05, 4.69) is 10.3 Å². The summed E-state index contributed by atoms with van der Waals surface area (Å²) in [4.78, 5) is 17.3. The Morgan fingerprint density at radius 2 is 2.00 bits per heavy atom. The number of nitrogens with zero attached hydrogens (tertiary/aromatic N) is 1. The van der Waals surface area contributed by atoms with E-state index in [-0.39, 0.29) is 6.54 Å². The van der Waals surface area contributed by atoms with E-state index >= 15 is 0 Å². The fraction of sp³-hybridized carbons (Fsp3) is 0.176. The molecule has 8 heteroatoms. The molecule has 1 amide bonds. The highest BCUT2D eigenvalue weighted by Crippen LogP contribution is 2.32. The molecule has 3 aromatic rings. The van der Waals surface area contributed by atoms with Crippen molar-refractivity contribution >= 4 is 17.2 Å². The van der Waals surface area contributed by atoms with Crippen LogP contribution in [0.1, 0.15) is 26.5 Å². The Bertz CT molecular complexity index is 886. The van der Waals surface area contributed by atoms with Crippen LogP contribution in [0.4, 0.5) is 13.2 Å². The van der Waals surface area contributed by atoms with Crippen molar-refractivity contribution < 1.29 is 22.4 Å². The smallest absolute Gasteiger partial charge is 0.417 e. The number of thiazole rings is 1. The van der Waals surface area contributed by atoms with E-state index in [4.69, 9.17) is 4.42 Å². The van der Waals surface area contributed by atoms with E-state index in [1.54, 1.807) is 19.1 Å². The van der Waals surface area contributed by atoms with Gasteiger partial charge in [0.2, 0.25) is 0 Å². The number of aromatic nitrogens is 1. The van der Waals surface area contributed by atoms with E-state index in [0.29, 0.717) is 16.5 Å². The summed E-state index contributed by atoms with van der Waals surface area (Å²) in [6.07, 6.45) is -3.05. The molecule has 130 valence electrons. The highest BCUT2D eigenvalue weighted by atomic mass is 32.1. The van der Waals surface area contributed by atoms with Crippen LogP contribution in [0.25, 0.3) is 10.8 Å². The van der Waals surface area contributed by atoms with Gasteiger partial charge in [-0.25, -0.2) is 4.98 Å². The number of hydrogen-bond donors (Lipinski definition) is 1. The molecule has 0 bridgehead atoms. The first-order valence-corrected chi connectivity index (χ1v) is 8.12. The summed E-state index contributed by atoms with van der Waals surface area (Å²) < 4.78 is 44.3. The molecule has 0 fully saturated rings. The van der Waals surface area contributed by atoms with Crippen molar-refractivity contribution in [3.05, 3.63) is 64.4 Å². The molecular formula is C17H13F3N2O2S. The van der Waals surface area contributed by atoms with Crippen LogP contribution in [-0.4, -0.2) is 10.9 Å².